The summed E-state index contributed by atoms with van der Waals surface area (Å²) >= 11 is 0. The summed E-state index contributed by atoms with van der Waals surface area (Å²) < 4.78 is 15.1. The van der Waals surface area contributed by atoms with Crippen LogP contribution in [0.5, 0.6) is 0 Å². The number of benzene rings is 1. The monoisotopic (exact) mass is 352 g/mol. The second-order valence-corrected chi connectivity index (χ2v) is 6.75. The normalized spacial score (nSPS) is 14.5. The molecule has 134 valence electrons. The number of hydrogen-bond acceptors (Lipinski definition) is 3. The molecule has 3 aromatic rings. The van der Waals surface area contributed by atoms with Crippen LogP contribution >= 0.6 is 0 Å². The molecular formula is C20H21FN4O. The highest BCUT2D eigenvalue weighted by molar-refractivity contribution is 5.99. The van der Waals surface area contributed by atoms with Crippen LogP contribution in [0.15, 0.2) is 36.7 Å². The van der Waals surface area contributed by atoms with Crippen molar-refractivity contribution in [1.82, 2.24) is 19.9 Å². The molecule has 0 saturated heterocycles. The number of nitrogens with one attached hydrogen (secondary N) is 1. The fourth-order valence-electron chi connectivity index (χ4n) is 3.53. The minimum Gasteiger partial charge on any atom is -0.348 e. The lowest BCUT2D eigenvalue weighted by Crippen LogP contribution is -2.23. The molecule has 0 spiro atoms. The maximum absolute atomic E-state index is 13.3. The molecule has 5 nitrogen and oxygen atoms in total. The van der Waals surface area contributed by atoms with Crippen LogP contribution in [0.25, 0.3) is 5.65 Å². The van der Waals surface area contributed by atoms with Crippen LogP contribution in [-0.2, 0) is 19.4 Å². The SMILES string of the molecule is O=C(NCc1cccc(F)c1)c1cnn2c3c(cnc12)CCCCCC3. The van der Waals surface area contributed by atoms with E-state index in [0.717, 1.165) is 19.3 Å². The summed E-state index contributed by atoms with van der Waals surface area (Å²) in [6.07, 6.45) is 10.2. The molecule has 6 heteroatoms. The zero-order valence-electron chi connectivity index (χ0n) is 14.5. The molecule has 0 fully saturated rings. The molecule has 0 bridgehead atoms. The highest BCUT2D eigenvalue weighted by Crippen LogP contribution is 2.21. The standard InChI is InChI=1S/C20H21FN4O/c21-16-8-5-6-14(10-16)11-23-20(26)17-13-24-25-18-9-4-2-1-3-7-15(18)12-22-19(17)25/h5-6,8,10,12-13H,1-4,7,9,11H2,(H,23,26). The number of carbonyl (C=O) groups excluding carboxylic acids is 1. The molecule has 0 atom stereocenters. The van der Waals surface area contributed by atoms with Crippen molar-refractivity contribution in [1.29, 1.82) is 0 Å². The third-order valence-corrected chi connectivity index (χ3v) is 4.91. The lowest BCUT2D eigenvalue weighted by atomic mass is 9.98. The topological polar surface area (TPSA) is 59.3 Å². The van der Waals surface area contributed by atoms with Gasteiger partial charge in [0.1, 0.15) is 11.4 Å². The van der Waals surface area contributed by atoms with E-state index in [2.05, 4.69) is 15.4 Å². The summed E-state index contributed by atoms with van der Waals surface area (Å²) in [5.41, 5.74) is 4.14. The lowest BCUT2D eigenvalue weighted by Gasteiger charge is -2.14. The van der Waals surface area contributed by atoms with Crippen LogP contribution in [0.3, 0.4) is 0 Å². The number of fused-ring (bicyclic) bond motifs is 3. The van der Waals surface area contributed by atoms with Gasteiger partial charge in [0.15, 0.2) is 5.65 Å². The van der Waals surface area contributed by atoms with Gasteiger partial charge in [-0.1, -0.05) is 25.0 Å². The number of amides is 1. The molecule has 1 aliphatic rings. The fourth-order valence-corrected chi connectivity index (χ4v) is 3.53. The molecular weight excluding hydrogens is 331 g/mol. The molecule has 0 unspecified atom stereocenters. The number of rotatable bonds is 3. The van der Waals surface area contributed by atoms with E-state index in [0.29, 0.717) is 16.8 Å². The Labute approximate surface area is 151 Å². The molecule has 2 aromatic heterocycles. The molecule has 26 heavy (non-hydrogen) atoms. The van der Waals surface area contributed by atoms with Gasteiger partial charge in [0, 0.05) is 18.4 Å². The maximum Gasteiger partial charge on any atom is 0.257 e. The minimum absolute atomic E-state index is 0.248. The van der Waals surface area contributed by atoms with E-state index >= 15 is 0 Å². The Morgan fingerprint density at radius 2 is 2.00 bits per heavy atom. The Bertz CT molecular complexity index is 950. The van der Waals surface area contributed by atoms with Crippen molar-refractivity contribution in [3.8, 4) is 0 Å². The van der Waals surface area contributed by atoms with Crippen LogP contribution in [-0.4, -0.2) is 20.5 Å². The van der Waals surface area contributed by atoms with E-state index in [1.807, 2.05) is 10.7 Å². The first-order valence-corrected chi connectivity index (χ1v) is 9.09. The van der Waals surface area contributed by atoms with Crippen molar-refractivity contribution in [3.05, 3.63) is 64.9 Å². The van der Waals surface area contributed by atoms with Crippen LogP contribution in [0, 0.1) is 5.82 Å². The second kappa shape index (κ2) is 7.23. The average Bonchev–Trinajstić information content (AvgIpc) is 3.04. The van der Waals surface area contributed by atoms with Crippen molar-refractivity contribution in [2.75, 3.05) is 0 Å². The molecule has 1 aliphatic carbocycles. The van der Waals surface area contributed by atoms with Gasteiger partial charge in [-0.25, -0.2) is 13.9 Å². The predicted octanol–water partition coefficient (Wildman–Crippen LogP) is 3.46. The summed E-state index contributed by atoms with van der Waals surface area (Å²) in [4.78, 5) is 17.1. The Hall–Kier alpha value is -2.76. The van der Waals surface area contributed by atoms with Crippen molar-refractivity contribution < 1.29 is 9.18 Å². The summed E-state index contributed by atoms with van der Waals surface area (Å²) in [6.45, 7) is 0.263. The number of hydrogen-bond donors (Lipinski definition) is 1. The highest BCUT2D eigenvalue weighted by Gasteiger charge is 2.18. The number of carbonyl (C=O) groups is 1. The summed E-state index contributed by atoms with van der Waals surface area (Å²) in [7, 11) is 0. The molecule has 1 aromatic carbocycles. The van der Waals surface area contributed by atoms with Crippen LogP contribution in [0.1, 0.15) is 52.9 Å². The van der Waals surface area contributed by atoms with Gasteiger partial charge in [-0.3, -0.25) is 4.79 Å². The number of halogens is 1. The molecule has 0 radical (unpaired) electrons. The van der Waals surface area contributed by atoms with Gasteiger partial charge in [0.2, 0.25) is 0 Å². The maximum atomic E-state index is 13.3. The van der Waals surface area contributed by atoms with Crippen molar-refractivity contribution in [3.63, 3.8) is 0 Å². The number of aryl methyl sites for hydroxylation is 2. The van der Waals surface area contributed by atoms with Crippen LogP contribution < -0.4 is 5.32 Å². The molecule has 0 aliphatic heterocycles. The fraction of sp³-hybridized carbons (Fsp3) is 0.350. The molecule has 1 amide bonds. The first-order valence-electron chi connectivity index (χ1n) is 9.09. The molecule has 1 N–H and O–H groups in total. The average molecular weight is 352 g/mol. The Morgan fingerprint density at radius 3 is 2.85 bits per heavy atom. The van der Waals surface area contributed by atoms with E-state index in [9.17, 15) is 9.18 Å². The van der Waals surface area contributed by atoms with Gasteiger partial charge in [0.05, 0.1) is 6.20 Å². The van der Waals surface area contributed by atoms with Gasteiger partial charge >= 0.3 is 0 Å². The third kappa shape index (κ3) is 3.31. The quantitative estimate of drug-likeness (QED) is 0.785. The van der Waals surface area contributed by atoms with Gasteiger partial charge in [0.25, 0.3) is 5.91 Å². The van der Waals surface area contributed by atoms with Crippen LogP contribution in [0.4, 0.5) is 4.39 Å². The Balaban J connectivity index is 1.58. The molecule has 2 heterocycles. The Morgan fingerprint density at radius 1 is 1.15 bits per heavy atom. The predicted molar refractivity (Wildman–Crippen MR) is 96.4 cm³/mol. The summed E-state index contributed by atoms with van der Waals surface area (Å²) in [5, 5.41) is 7.25. The van der Waals surface area contributed by atoms with Gasteiger partial charge in [-0.05, 0) is 48.9 Å². The molecule has 0 saturated carbocycles. The largest absolute Gasteiger partial charge is 0.348 e. The zero-order chi connectivity index (χ0) is 17.9. The van der Waals surface area contributed by atoms with Crippen LogP contribution in [0.2, 0.25) is 0 Å². The number of nitrogens with zero attached hydrogens (tertiary/aromatic N) is 3. The highest BCUT2D eigenvalue weighted by atomic mass is 19.1. The van der Waals surface area contributed by atoms with Gasteiger partial charge < -0.3 is 5.32 Å². The number of aromatic nitrogens is 3. The minimum atomic E-state index is -0.312. The van der Waals surface area contributed by atoms with Gasteiger partial charge in [-0.2, -0.15) is 5.10 Å². The third-order valence-electron chi connectivity index (χ3n) is 4.91. The van der Waals surface area contributed by atoms with E-state index in [1.165, 1.54) is 42.7 Å². The smallest absolute Gasteiger partial charge is 0.257 e. The van der Waals surface area contributed by atoms with E-state index < -0.39 is 0 Å². The van der Waals surface area contributed by atoms with E-state index in [4.69, 9.17) is 0 Å². The second-order valence-electron chi connectivity index (χ2n) is 6.75. The zero-order valence-corrected chi connectivity index (χ0v) is 14.5. The van der Waals surface area contributed by atoms with Crippen molar-refractivity contribution >= 4 is 11.6 Å². The van der Waals surface area contributed by atoms with Crippen molar-refractivity contribution in [2.24, 2.45) is 0 Å². The Kier molecular flexibility index (Phi) is 4.65. The first kappa shape index (κ1) is 16.7. The summed E-state index contributed by atoms with van der Waals surface area (Å²) in [6, 6.07) is 6.21. The van der Waals surface area contributed by atoms with Crippen molar-refractivity contribution in [2.45, 2.75) is 45.1 Å². The first-order chi connectivity index (χ1) is 12.7. The van der Waals surface area contributed by atoms with Gasteiger partial charge in [-0.15, -0.1) is 0 Å². The van der Waals surface area contributed by atoms with E-state index in [-0.39, 0.29) is 18.3 Å². The van der Waals surface area contributed by atoms with E-state index in [1.54, 1.807) is 18.3 Å². The lowest BCUT2D eigenvalue weighted by molar-refractivity contribution is 0.0952. The molecule has 4 rings (SSSR count). The summed E-state index contributed by atoms with van der Waals surface area (Å²) in [5.74, 6) is -0.560.